The smallest absolute Gasteiger partial charge is 0.251 e. The highest BCUT2D eigenvalue weighted by Gasteiger charge is 2.32. The average molecular weight is 436 g/mol. The Bertz CT molecular complexity index is 1090. The van der Waals surface area contributed by atoms with Crippen molar-refractivity contribution >= 4 is 44.8 Å². The molecule has 0 unspecified atom stereocenters. The van der Waals surface area contributed by atoms with E-state index in [1.807, 2.05) is 6.92 Å². The average Bonchev–Trinajstić information content (AvgIpc) is 2.98. The SMILES string of the molecule is Cc1c(Cl)cccc1NC(=O)CNC(=O)c1ccc2c(c1)C[C@@H](C)N2S(C)(=O)=O. The number of hydrogen-bond donors (Lipinski definition) is 2. The lowest BCUT2D eigenvalue weighted by atomic mass is 10.1. The number of benzene rings is 2. The van der Waals surface area contributed by atoms with Crippen LogP contribution in [0.3, 0.4) is 0 Å². The van der Waals surface area contributed by atoms with Gasteiger partial charge in [0, 0.05) is 22.3 Å². The molecule has 0 fully saturated rings. The molecule has 2 aromatic rings. The molecular weight excluding hydrogens is 414 g/mol. The molecule has 2 aromatic carbocycles. The number of fused-ring (bicyclic) bond motifs is 1. The number of sulfonamides is 1. The van der Waals surface area contributed by atoms with Crippen LogP contribution >= 0.6 is 11.6 Å². The van der Waals surface area contributed by atoms with E-state index in [0.29, 0.717) is 28.4 Å². The lowest BCUT2D eigenvalue weighted by Gasteiger charge is -2.21. The molecule has 1 aliphatic heterocycles. The lowest BCUT2D eigenvalue weighted by molar-refractivity contribution is -0.115. The van der Waals surface area contributed by atoms with E-state index >= 15 is 0 Å². The Morgan fingerprint density at radius 3 is 2.66 bits per heavy atom. The minimum absolute atomic E-state index is 0.201. The van der Waals surface area contributed by atoms with Crippen molar-refractivity contribution in [2.24, 2.45) is 0 Å². The maximum absolute atomic E-state index is 12.4. The third-order valence-corrected chi connectivity index (χ3v) is 6.48. The number of hydrogen-bond acceptors (Lipinski definition) is 4. The Balaban J connectivity index is 1.66. The molecule has 7 nitrogen and oxygen atoms in total. The zero-order valence-electron chi connectivity index (χ0n) is 16.3. The van der Waals surface area contributed by atoms with E-state index in [9.17, 15) is 18.0 Å². The van der Waals surface area contributed by atoms with Crippen molar-refractivity contribution in [1.82, 2.24) is 5.32 Å². The number of nitrogens with one attached hydrogen (secondary N) is 2. The van der Waals surface area contributed by atoms with Crippen LogP contribution in [0.1, 0.15) is 28.4 Å². The largest absolute Gasteiger partial charge is 0.343 e. The van der Waals surface area contributed by atoms with Gasteiger partial charge in [-0.1, -0.05) is 17.7 Å². The molecule has 0 bridgehead atoms. The fourth-order valence-electron chi connectivity index (χ4n) is 3.45. The minimum Gasteiger partial charge on any atom is -0.343 e. The first-order valence-corrected chi connectivity index (χ1v) is 11.3. The van der Waals surface area contributed by atoms with E-state index < -0.39 is 15.9 Å². The number of nitrogens with zero attached hydrogens (tertiary/aromatic N) is 1. The number of halogens is 1. The highest BCUT2D eigenvalue weighted by molar-refractivity contribution is 7.92. The molecule has 0 radical (unpaired) electrons. The summed E-state index contributed by atoms with van der Waals surface area (Å²) in [5.41, 5.74) is 3.08. The second-order valence-corrected chi connectivity index (χ2v) is 9.37. The van der Waals surface area contributed by atoms with Crippen molar-refractivity contribution < 1.29 is 18.0 Å². The normalized spacial score (nSPS) is 15.7. The Morgan fingerprint density at radius 1 is 1.24 bits per heavy atom. The zero-order chi connectivity index (χ0) is 21.3. The van der Waals surface area contributed by atoms with Gasteiger partial charge in [-0.15, -0.1) is 0 Å². The Labute approximate surface area is 175 Å². The van der Waals surface area contributed by atoms with Crippen LogP contribution in [0.15, 0.2) is 36.4 Å². The Hall–Kier alpha value is -2.58. The third kappa shape index (κ3) is 4.54. The molecule has 9 heteroatoms. The molecule has 0 saturated carbocycles. The summed E-state index contributed by atoms with van der Waals surface area (Å²) in [6.07, 6.45) is 1.69. The monoisotopic (exact) mass is 435 g/mol. The Morgan fingerprint density at radius 2 is 1.97 bits per heavy atom. The van der Waals surface area contributed by atoms with Crippen LogP contribution in [0.25, 0.3) is 0 Å². The van der Waals surface area contributed by atoms with Gasteiger partial charge < -0.3 is 10.6 Å². The molecule has 2 amide bonds. The van der Waals surface area contributed by atoms with Gasteiger partial charge in [0.25, 0.3) is 5.91 Å². The van der Waals surface area contributed by atoms with Crippen molar-refractivity contribution in [1.29, 1.82) is 0 Å². The van der Waals surface area contributed by atoms with Crippen molar-refractivity contribution in [2.45, 2.75) is 26.3 Å². The number of rotatable bonds is 5. The van der Waals surface area contributed by atoms with Crippen molar-refractivity contribution in [3.05, 3.63) is 58.1 Å². The second kappa shape index (κ2) is 8.04. The molecule has 2 N–H and O–H groups in total. The molecule has 3 rings (SSSR count). The second-order valence-electron chi connectivity index (χ2n) is 7.10. The summed E-state index contributed by atoms with van der Waals surface area (Å²) in [5, 5.41) is 5.84. The summed E-state index contributed by atoms with van der Waals surface area (Å²) in [5.74, 6) is -0.780. The van der Waals surface area contributed by atoms with Crippen LogP contribution in [0.4, 0.5) is 11.4 Å². The van der Waals surface area contributed by atoms with Gasteiger partial charge in [-0.25, -0.2) is 8.42 Å². The lowest BCUT2D eigenvalue weighted by Crippen LogP contribution is -2.34. The van der Waals surface area contributed by atoms with E-state index in [2.05, 4.69) is 10.6 Å². The Kier molecular flexibility index (Phi) is 5.86. The standard InChI is InChI=1S/C20H22ClN3O4S/c1-12-9-15-10-14(7-8-18(15)24(12)29(3,27)28)20(26)22-11-19(25)23-17-6-4-5-16(21)13(17)2/h4-8,10,12H,9,11H2,1-3H3,(H,22,26)(H,23,25)/t12-/m1/s1. The molecule has 1 heterocycles. The molecular formula is C20H22ClN3O4S. The highest BCUT2D eigenvalue weighted by Crippen LogP contribution is 2.34. The number of anilines is 2. The van der Waals surface area contributed by atoms with Gasteiger partial charge in [-0.2, -0.15) is 0 Å². The molecule has 1 aliphatic rings. The summed E-state index contributed by atoms with van der Waals surface area (Å²) < 4.78 is 25.3. The molecule has 0 aromatic heterocycles. The topological polar surface area (TPSA) is 95.6 Å². The summed E-state index contributed by atoms with van der Waals surface area (Å²) in [4.78, 5) is 24.6. The maximum atomic E-state index is 12.4. The van der Waals surface area contributed by atoms with Crippen LogP contribution in [0.5, 0.6) is 0 Å². The van der Waals surface area contributed by atoms with Crippen LogP contribution in [-0.4, -0.2) is 39.1 Å². The van der Waals surface area contributed by atoms with Gasteiger partial charge in [0.15, 0.2) is 0 Å². The summed E-state index contributed by atoms with van der Waals surface area (Å²) in [6.45, 7) is 3.42. The number of amides is 2. The fourth-order valence-corrected chi connectivity index (χ4v) is 4.89. The maximum Gasteiger partial charge on any atom is 0.251 e. The van der Waals surface area contributed by atoms with Crippen LogP contribution < -0.4 is 14.9 Å². The molecule has 0 saturated heterocycles. The van der Waals surface area contributed by atoms with E-state index in [-0.39, 0.29) is 18.5 Å². The highest BCUT2D eigenvalue weighted by atomic mass is 35.5. The van der Waals surface area contributed by atoms with Crippen molar-refractivity contribution in [3.8, 4) is 0 Å². The van der Waals surface area contributed by atoms with Gasteiger partial charge >= 0.3 is 0 Å². The van der Waals surface area contributed by atoms with E-state index in [4.69, 9.17) is 11.6 Å². The zero-order valence-corrected chi connectivity index (χ0v) is 17.9. The van der Waals surface area contributed by atoms with Crippen LogP contribution in [0, 0.1) is 6.92 Å². The summed E-state index contributed by atoms with van der Waals surface area (Å²) in [6, 6.07) is 9.85. The van der Waals surface area contributed by atoms with E-state index in [1.165, 1.54) is 10.6 Å². The summed E-state index contributed by atoms with van der Waals surface area (Å²) >= 11 is 6.04. The fraction of sp³-hybridized carbons (Fsp3) is 0.300. The first kappa shape index (κ1) is 21.1. The molecule has 0 aliphatic carbocycles. The van der Waals surface area contributed by atoms with Gasteiger partial charge in [0.1, 0.15) is 0 Å². The molecule has 1 atom stereocenters. The first-order chi connectivity index (χ1) is 13.6. The first-order valence-electron chi connectivity index (χ1n) is 9.03. The quantitative estimate of drug-likeness (QED) is 0.754. The minimum atomic E-state index is -3.39. The number of carbonyl (C=O) groups excluding carboxylic acids is 2. The van der Waals surface area contributed by atoms with Gasteiger partial charge in [0.2, 0.25) is 15.9 Å². The molecule has 154 valence electrons. The third-order valence-electron chi connectivity index (χ3n) is 4.80. The molecule has 0 spiro atoms. The van der Waals surface area contributed by atoms with Crippen molar-refractivity contribution in [2.75, 3.05) is 22.4 Å². The predicted molar refractivity (Wildman–Crippen MR) is 114 cm³/mol. The van der Waals surface area contributed by atoms with Crippen LogP contribution in [0.2, 0.25) is 5.02 Å². The predicted octanol–water partition coefficient (Wildman–Crippen LogP) is 2.73. The van der Waals surface area contributed by atoms with Crippen molar-refractivity contribution in [3.63, 3.8) is 0 Å². The molecule has 29 heavy (non-hydrogen) atoms. The van der Waals surface area contributed by atoms with Gasteiger partial charge in [-0.3, -0.25) is 13.9 Å². The van der Waals surface area contributed by atoms with E-state index in [0.717, 1.165) is 11.1 Å². The van der Waals surface area contributed by atoms with Crippen LogP contribution in [-0.2, 0) is 21.2 Å². The van der Waals surface area contributed by atoms with Gasteiger partial charge in [0.05, 0.1) is 18.5 Å². The van der Waals surface area contributed by atoms with E-state index in [1.54, 1.807) is 43.3 Å². The van der Waals surface area contributed by atoms with Gasteiger partial charge in [-0.05, 0) is 61.7 Å². The summed E-state index contributed by atoms with van der Waals surface area (Å²) in [7, 11) is -3.39. The number of carbonyl (C=O) groups is 2.